The fourth-order valence-corrected chi connectivity index (χ4v) is 4.45. The Labute approximate surface area is 189 Å². The van der Waals surface area contributed by atoms with Gasteiger partial charge in [0.25, 0.3) is 5.91 Å². The topological polar surface area (TPSA) is 54.4 Å². The molecule has 1 N–H and O–H groups in total. The van der Waals surface area contributed by atoms with Gasteiger partial charge in [0, 0.05) is 21.5 Å². The van der Waals surface area contributed by atoms with E-state index in [1.54, 1.807) is 12.1 Å². The molecule has 3 aromatic rings. The third-order valence-corrected chi connectivity index (χ3v) is 6.83. The summed E-state index contributed by atoms with van der Waals surface area (Å²) in [6.07, 6.45) is 1.36. The highest BCUT2D eigenvalue weighted by atomic mass is 35.5. The van der Waals surface area contributed by atoms with Crippen LogP contribution in [0.3, 0.4) is 0 Å². The lowest BCUT2D eigenvalue weighted by Crippen LogP contribution is -2.19. The van der Waals surface area contributed by atoms with E-state index in [2.05, 4.69) is 15.5 Å². The van der Waals surface area contributed by atoms with Crippen molar-refractivity contribution in [2.45, 2.75) is 4.34 Å². The lowest BCUT2D eigenvalue weighted by molar-refractivity contribution is -0.118. The number of thioether (sulfide) groups is 1. The minimum Gasteiger partial charge on any atom is -0.272 e. The Balaban J connectivity index is 1.54. The molecule has 0 aliphatic carbocycles. The zero-order valence-corrected chi connectivity index (χ0v) is 18.6. The van der Waals surface area contributed by atoms with E-state index in [-0.39, 0.29) is 16.7 Å². The van der Waals surface area contributed by atoms with Crippen molar-refractivity contribution in [3.05, 3.63) is 67.4 Å². The summed E-state index contributed by atoms with van der Waals surface area (Å²) >= 11 is 26.8. The van der Waals surface area contributed by atoms with Crippen LogP contribution in [0.1, 0.15) is 5.56 Å². The summed E-state index contributed by atoms with van der Waals surface area (Å²) in [7, 11) is 0. The summed E-state index contributed by atoms with van der Waals surface area (Å²) in [5.74, 6) is -0.110. The van der Waals surface area contributed by atoms with Gasteiger partial charge < -0.3 is 0 Å². The first-order valence-corrected chi connectivity index (χ1v) is 11.1. The van der Waals surface area contributed by atoms with Gasteiger partial charge in [0.1, 0.15) is 0 Å². The minimum absolute atomic E-state index is 0.169. The van der Waals surface area contributed by atoms with E-state index in [9.17, 15) is 4.79 Å². The Hall–Kier alpha value is -1.28. The maximum absolute atomic E-state index is 12.0. The molecule has 0 radical (unpaired) electrons. The first kappa shape index (κ1) is 21.4. The summed E-state index contributed by atoms with van der Waals surface area (Å²) in [6.45, 7) is 0. The molecule has 0 spiro atoms. The van der Waals surface area contributed by atoms with Gasteiger partial charge in [-0.25, -0.2) is 10.4 Å². The second-order valence-electron chi connectivity index (χ2n) is 5.34. The van der Waals surface area contributed by atoms with Crippen LogP contribution in [0, 0.1) is 0 Å². The number of nitrogens with zero attached hydrogens (tertiary/aromatic N) is 2. The van der Waals surface area contributed by atoms with Crippen molar-refractivity contribution in [2.75, 3.05) is 5.75 Å². The summed E-state index contributed by atoms with van der Waals surface area (Å²) in [5, 5.41) is 7.51. The molecule has 0 bridgehead atoms. The number of nitrogens with one attached hydrogen (secondary N) is 1. The van der Waals surface area contributed by atoms with E-state index >= 15 is 0 Å². The van der Waals surface area contributed by atoms with Gasteiger partial charge in [0.2, 0.25) is 0 Å². The predicted molar refractivity (Wildman–Crippen MR) is 120 cm³/mol. The molecule has 10 heteroatoms. The molecule has 1 aromatic heterocycles. The molecule has 0 atom stereocenters. The molecular weight excluding hydrogens is 480 g/mol. The molecule has 0 saturated heterocycles. The molecular formula is C18H11Cl4N3OS2. The van der Waals surface area contributed by atoms with Crippen LogP contribution in [0.5, 0.6) is 0 Å². The molecule has 4 nitrogen and oxygen atoms in total. The Morgan fingerprint density at radius 1 is 1.11 bits per heavy atom. The van der Waals surface area contributed by atoms with Crippen LogP contribution in [0.25, 0.3) is 11.3 Å². The Kier molecular flexibility index (Phi) is 7.62. The largest absolute Gasteiger partial charge is 0.272 e. The first-order valence-electron chi connectivity index (χ1n) is 7.73. The Morgan fingerprint density at radius 3 is 2.57 bits per heavy atom. The van der Waals surface area contributed by atoms with E-state index < -0.39 is 0 Å². The van der Waals surface area contributed by atoms with Crippen LogP contribution in [-0.2, 0) is 4.79 Å². The van der Waals surface area contributed by atoms with Crippen LogP contribution in [0.4, 0.5) is 0 Å². The number of amides is 1. The van der Waals surface area contributed by atoms with Crippen molar-refractivity contribution in [1.82, 2.24) is 10.4 Å². The lowest BCUT2D eigenvalue weighted by atomic mass is 10.2. The van der Waals surface area contributed by atoms with Gasteiger partial charge in [-0.05, 0) is 24.3 Å². The molecule has 2 aromatic carbocycles. The highest BCUT2D eigenvalue weighted by molar-refractivity contribution is 8.01. The van der Waals surface area contributed by atoms with E-state index in [1.807, 2.05) is 29.6 Å². The number of carbonyl (C=O) groups excluding carboxylic acids is 1. The summed E-state index contributed by atoms with van der Waals surface area (Å²) in [4.78, 5) is 16.5. The minimum atomic E-state index is -0.279. The van der Waals surface area contributed by atoms with Crippen molar-refractivity contribution in [2.24, 2.45) is 5.10 Å². The van der Waals surface area contributed by atoms with Gasteiger partial charge >= 0.3 is 0 Å². The highest BCUT2D eigenvalue weighted by Crippen LogP contribution is 2.30. The molecule has 0 fully saturated rings. The normalized spacial score (nSPS) is 11.1. The number of rotatable bonds is 6. The van der Waals surface area contributed by atoms with Crippen molar-refractivity contribution < 1.29 is 4.79 Å². The van der Waals surface area contributed by atoms with E-state index in [4.69, 9.17) is 46.4 Å². The van der Waals surface area contributed by atoms with Crippen LogP contribution in [0.15, 0.2) is 51.2 Å². The van der Waals surface area contributed by atoms with Crippen molar-refractivity contribution in [3.8, 4) is 11.3 Å². The molecule has 28 heavy (non-hydrogen) atoms. The summed E-state index contributed by atoms with van der Waals surface area (Å²) in [6, 6.07) is 10.6. The standard InChI is InChI=1S/C18H11Cl4N3OS2/c19-11-3-1-10(2-4-11)15-8-27-18(24-15)28-9-16(26)25-23-7-12-13(20)5-6-14(21)17(12)22/h1-8H,9H2,(H,25,26)/b23-7+. The quantitative estimate of drug-likeness (QED) is 0.182. The van der Waals surface area contributed by atoms with Crippen molar-refractivity contribution >= 4 is 81.6 Å². The third-order valence-electron chi connectivity index (χ3n) is 3.41. The molecule has 0 saturated carbocycles. The fourth-order valence-electron chi connectivity index (χ4n) is 2.07. The number of hydrazone groups is 1. The lowest BCUT2D eigenvalue weighted by Gasteiger charge is -2.03. The third kappa shape index (κ3) is 5.63. The monoisotopic (exact) mass is 489 g/mol. The van der Waals surface area contributed by atoms with Gasteiger partial charge in [0.05, 0.1) is 32.7 Å². The number of aromatic nitrogens is 1. The van der Waals surface area contributed by atoms with E-state index in [0.717, 1.165) is 15.6 Å². The Morgan fingerprint density at radius 2 is 1.82 bits per heavy atom. The number of carbonyl (C=O) groups is 1. The second-order valence-corrected chi connectivity index (χ2v) is 9.05. The zero-order valence-electron chi connectivity index (χ0n) is 14.0. The van der Waals surface area contributed by atoms with Crippen LogP contribution in [0.2, 0.25) is 20.1 Å². The first-order chi connectivity index (χ1) is 13.4. The van der Waals surface area contributed by atoms with Gasteiger partial charge in [-0.1, -0.05) is 70.3 Å². The SMILES string of the molecule is O=C(CSc1nc(-c2ccc(Cl)cc2)cs1)N/N=C/c1c(Cl)ccc(Cl)c1Cl. The number of halogens is 4. The maximum Gasteiger partial charge on any atom is 0.250 e. The fraction of sp³-hybridized carbons (Fsp3) is 0.0556. The molecule has 3 rings (SSSR count). The number of hydrogen-bond donors (Lipinski definition) is 1. The predicted octanol–water partition coefficient (Wildman–Crippen LogP) is 6.67. The number of hydrogen-bond acceptors (Lipinski definition) is 5. The van der Waals surface area contributed by atoms with E-state index in [1.165, 1.54) is 29.3 Å². The molecule has 1 heterocycles. The van der Waals surface area contributed by atoms with Crippen LogP contribution >= 0.6 is 69.5 Å². The van der Waals surface area contributed by atoms with Crippen LogP contribution in [-0.4, -0.2) is 22.9 Å². The molecule has 0 aliphatic heterocycles. The van der Waals surface area contributed by atoms with Crippen molar-refractivity contribution in [3.63, 3.8) is 0 Å². The summed E-state index contributed by atoms with van der Waals surface area (Å²) < 4.78 is 0.782. The molecule has 144 valence electrons. The zero-order chi connectivity index (χ0) is 20.1. The molecule has 0 aliphatic rings. The van der Waals surface area contributed by atoms with Gasteiger partial charge in [-0.2, -0.15) is 5.10 Å². The van der Waals surface area contributed by atoms with Crippen LogP contribution < -0.4 is 5.43 Å². The molecule has 0 unspecified atom stereocenters. The average Bonchev–Trinajstić information content (AvgIpc) is 3.15. The van der Waals surface area contributed by atoms with Gasteiger partial charge in [0.15, 0.2) is 4.34 Å². The summed E-state index contributed by atoms with van der Waals surface area (Å²) in [5.41, 5.74) is 4.68. The average molecular weight is 491 g/mol. The van der Waals surface area contributed by atoms with E-state index in [0.29, 0.717) is 20.6 Å². The molecule has 1 amide bonds. The van der Waals surface area contributed by atoms with Gasteiger partial charge in [-0.3, -0.25) is 4.79 Å². The van der Waals surface area contributed by atoms with Crippen molar-refractivity contribution in [1.29, 1.82) is 0 Å². The second kappa shape index (κ2) is 9.96. The number of thiazole rings is 1. The highest BCUT2D eigenvalue weighted by Gasteiger charge is 2.09. The maximum atomic E-state index is 12.0. The smallest absolute Gasteiger partial charge is 0.250 e. The number of benzene rings is 2. The van der Waals surface area contributed by atoms with Gasteiger partial charge in [-0.15, -0.1) is 11.3 Å². The Bertz CT molecular complexity index is 1020.